The van der Waals surface area contributed by atoms with Crippen LogP contribution in [-0.4, -0.2) is 45.6 Å². The summed E-state index contributed by atoms with van der Waals surface area (Å²) >= 11 is 0. The van der Waals surface area contributed by atoms with Gasteiger partial charge in [-0.1, -0.05) is 19.6 Å². The molecule has 0 aromatic heterocycles. The van der Waals surface area contributed by atoms with E-state index in [-0.39, 0.29) is 12.8 Å². The molecule has 20 heavy (non-hydrogen) atoms. The fourth-order valence-electron chi connectivity index (χ4n) is 1.33. The summed E-state index contributed by atoms with van der Waals surface area (Å²) in [6.07, 6.45) is -3.29. The maximum Gasteiger partial charge on any atom is 0.432 e. The Morgan fingerprint density at radius 3 is 2.20 bits per heavy atom. The molecule has 0 unspecified atom stereocenters. The Hall–Kier alpha value is -0.693. The molecule has 0 aromatic rings. The minimum Gasteiger partial charge on any atom is -0.383 e. The average molecular weight is 312 g/mol. The summed E-state index contributed by atoms with van der Waals surface area (Å²) in [4.78, 5) is 1.55. The van der Waals surface area contributed by atoms with Crippen molar-refractivity contribution in [2.24, 2.45) is 0 Å². The SMILES string of the molecule is CN/C(=C\N(COCC[Si](C)(C)C)C(C)C)C(F)(F)F. The molecule has 0 fully saturated rings. The number of halogens is 3. The lowest BCUT2D eigenvalue weighted by molar-refractivity contribution is -0.0980. The number of allylic oxidation sites excluding steroid dienone is 1. The van der Waals surface area contributed by atoms with E-state index in [9.17, 15) is 13.2 Å². The van der Waals surface area contributed by atoms with Gasteiger partial charge in [-0.3, -0.25) is 0 Å². The van der Waals surface area contributed by atoms with E-state index in [2.05, 4.69) is 25.0 Å². The lowest BCUT2D eigenvalue weighted by atomic mass is 10.3. The summed E-state index contributed by atoms with van der Waals surface area (Å²) in [6, 6.07) is 0.938. The maximum absolute atomic E-state index is 12.7. The summed E-state index contributed by atoms with van der Waals surface area (Å²) in [5, 5.41) is 2.19. The Kier molecular flexibility index (Phi) is 7.65. The number of alkyl halides is 3. The molecule has 0 aromatic carbocycles. The predicted octanol–water partition coefficient (Wildman–Crippen LogP) is 3.63. The van der Waals surface area contributed by atoms with E-state index in [1.807, 2.05) is 13.8 Å². The summed E-state index contributed by atoms with van der Waals surface area (Å²) < 4.78 is 43.6. The molecule has 0 rings (SSSR count). The van der Waals surface area contributed by atoms with Crippen molar-refractivity contribution in [2.45, 2.75) is 51.8 Å². The number of rotatable bonds is 8. The topological polar surface area (TPSA) is 24.5 Å². The molecule has 0 radical (unpaired) electrons. The van der Waals surface area contributed by atoms with Crippen LogP contribution in [0.4, 0.5) is 13.2 Å². The summed E-state index contributed by atoms with van der Waals surface area (Å²) in [7, 11) is 0.0913. The van der Waals surface area contributed by atoms with Gasteiger partial charge in [0, 0.05) is 34.0 Å². The highest BCUT2D eigenvalue weighted by Crippen LogP contribution is 2.23. The van der Waals surface area contributed by atoms with Crippen LogP contribution < -0.4 is 5.32 Å². The molecule has 0 spiro atoms. The van der Waals surface area contributed by atoms with E-state index in [0.717, 1.165) is 12.2 Å². The highest BCUT2D eigenvalue weighted by atomic mass is 28.3. The number of hydrogen-bond acceptors (Lipinski definition) is 3. The molecular weight excluding hydrogens is 285 g/mol. The van der Waals surface area contributed by atoms with Gasteiger partial charge in [0.2, 0.25) is 0 Å². The van der Waals surface area contributed by atoms with E-state index < -0.39 is 19.9 Å². The Labute approximate surface area is 121 Å². The second-order valence-electron chi connectivity index (χ2n) is 6.25. The van der Waals surface area contributed by atoms with E-state index >= 15 is 0 Å². The third-order valence-corrected chi connectivity index (χ3v) is 4.47. The van der Waals surface area contributed by atoms with E-state index in [4.69, 9.17) is 4.74 Å². The molecule has 0 amide bonds. The van der Waals surface area contributed by atoms with Gasteiger partial charge >= 0.3 is 6.18 Å². The van der Waals surface area contributed by atoms with Gasteiger partial charge in [-0.2, -0.15) is 13.2 Å². The lowest BCUT2D eigenvalue weighted by Gasteiger charge is -2.27. The normalized spacial score (nSPS) is 13.8. The van der Waals surface area contributed by atoms with Crippen LogP contribution in [0.25, 0.3) is 0 Å². The van der Waals surface area contributed by atoms with Crippen molar-refractivity contribution in [3.63, 3.8) is 0 Å². The largest absolute Gasteiger partial charge is 0.432 e. The Morgan fingerprint density at radius 1 is 1.30 bits per heavy atom. The summed E-state index contributed by atoms with van der Waals surface area (Å²) in [5.41, 5.74) is -0.764. The fraction of sp³-hybridized carbons (Fsp3) is 0.846. The van der Waals surface area contributed by atoms with Crippen LogP contribution in [0.2, 0.25) is 25.7 Å². The molecule has 0 bridgehead atoms. The van der Waals surface area contributed by atoms with E-state index in [1.165, 1.54) is 7.05 Å². The van der Waals surface area contributed by atoms with Crippen LogP contribution in [-0.2, 0) is 4.74 Å². The van der Waals surface area contributed by atoms with Crippen LogP contribution in [0.15, 0.2) is 11.9 Å². The Morgan fingerprint density at radius 2 is 1.85 bits per heavy atom. The van der Waals surface area contributed by atoms with Crippen LogP contribution in [0.3, 0.4) is 0 Å². The Bertz CT molecular complexity index is 312. The highest BCUT2D eigenvalue weighted by Gasteiger charge is 2.33. The van der Waals surface area contributed by atoms with Crippen LogP contribution in [0, 0.1) is 0 Å². The highest BCUT2D eigenvalue weighted by molar-refractivity contribution is 6.76. The molecule has 3 nitrogen and oxygen atoms in total. The summed E-state index contributed by atoms with van der Waals surface area (Å²) in [5.74, 6) is 0. The molecule has 0 saturated heterocycles. The minimum atomic E-state index is -4.37. The van der Waals surface area contributed by atoms with Crippen molar-refractivity contribution in [3.05, 3.63) is 11.9 Å². The average Bonchev–Trinajstić information content (AvgIpc) is 2.24. The first-order valence-electron chi connectivity index (χ1n) is 6.77. The molecule has 0 aliphatic heterocycles. The molecular formula is C13H27F3N2OSi. The molecule has 0 aliphatic carbocycles. The Balaban J connectivity index is 4.55. The van der Waals surface area contributed by atoms with Crippen LogP contribution in [0.1, 0.15) is 13.8 Å². The van der Waals surface area contributed by atoms with Crippen molar-refractivity contribution >= 4 is 8.07 Å². The van der Waals surface area contributed by atoms with Gasteiger partial charge in [0.15, 0.2) is 0 Å². The number of nitrogens with zero attached hydrogens (tertiary/aromatic N) is 1. The van der Waals surface area contributed by atoms with Crippen molar-refractivity contribution in [2.75, 3.05) is 20.4 Å². The van der Waals surface area contributed by atoms with Gasteiger partial charge in [-0.25, -0.2) is 0 Å². The van der Waals surface area contributed by atoms with Crippen LogP contribution >= 0.6 is 0 Å². The van der Waals surface area contributed by atoms with Gasteiger partial charge in [-0.15, -0.1) is 0 Å². The minimum absolute atomic E-state index is 0.0624. The van der Waals surface area contributed by atoms with E-state index in [0.29, 0.717) is 6.61 Å². The molecule has 120 valence electrons. The van der Waals surface area contributed by atoms with Crippen molar-refractivity contribution in [3.8, 4) is 0 Å². The lowest BCUT2D eigenvalue weighted by Crippen LogP contribution is -2.33. The summed E-state index contributed by atoms with van der Waals surface area (Å²) in [6.45, 7) is 11.1. The molecule has 0 atom stereocenters. The van der Waals surface area contributed by atoms with Gasteiger partial charge < -0.3 is 15.0 Å². The molecule has 0 heterocycles. The number of nitrogens with one attached hydrogen (secondary N) is 1. The number of ether oxygens (including phenoxy) is 1. The van der Waals surface area contributed by atoms with E-state index in [1.54, 1.807) is 4.90 Å². The molecule has 7 heteroatoms. The monoisotopic (exact) mass is 312 g/mol. The van der Waals surface area contributed by atoms with Crippen molar-refractivity contribution < 1.29 is 17.9 Å². The fourth-order valence-corrected chi connectivity index (χ4v) is 2.09. The first-order chi connectivity index (χ1) is 8.97. The first-order valence-corrected chi connectivity index (χ1v) is 10.5. The molecule has 0 aliphatic rings. The maximum atomic E-state index is 12.7. The van der Waals surface area contributed by atoms with Gasteiger partial charge in [0.25, 0.3) is 0 Å². The van der Waals surface area contributed by atoms with Gasteiger partial charge in [-0.05, 0) is 19.9 Å². The third kappa shape index (κ3) is 8.47. The predicted molar refractivity (Wildman–Crippen MR) is 79.1 cm³/mol. The standard InChI is InChI=1S/C13H27F3N2OSi/c1-11(2)18(9-12(17-3)13(14,15)16)10-19-7-8-20(4,5)6/h9,11,17H,7-8,10H2,1-6H3/b12-9-. The smallest absolute Gasteiger partial charge is 0.383 e. The van der Waals surface area contributed by atoms with Crippen LogP contribution in [0.5, 0.6) is 0 Å². The van der Waals surface area contributed by atoms with Gasteiger partial charge in [0.05, 0.1) is 0 Å². The second kappa shape index (κ2) is 7.92. The van der Waals surface area contributed by atoms with Gasteiger partial charge in [0.1, 0.15) is 12.4 Å². The molecule has 0 saturated carbocycles. The first kappa shape index (κ1) is 19.3. The zero-order valence-electron chi connectivity index (χ0n) is 13.3. The quantitative estimate of drug-likeness (QED) is 0.421. The molecule has 1 N–H and O–H groups in total. The van der Waals surface area contributed by atoms with Crippen molar-refractivity contribution in [1.29, 1.82) is 0 Å². The van der Waals surface area contributed by atoms with Crippen molar-refractivity contribution in [1.82, 2.24) is 10.2 Å². The second-order valence-corrected chi connectivity index (χ2v) is 11.9. The zero-order valence-corrected chi connectivity index (χ0v) is 14.3. The zero-order chi connectivity index (χ0) is 16.0. The number of hydrogen-bond donors (Lipinski definition) is 1. The third-order valence-electron chi connectivity index (χ3n) is 2.77.